The maximum absolute atomic E-state index is 13.0. The highest BCUT2D eigenvalue weighted by Gasteiger charge is 2.39. The molecule has 7 heteroatoms. The molecule has 1 aromatic rings. The average Bonchev–Trinajstić information content (AvgIpc) is 2.23. The Morgan fingerprint density at radius 3 is 2.41 bits per heavy atom. The molecule has 2 N–H and O–H groups in total. The lowest BCUT2D eigenvalue weighted by Crippen LogP contribution is -2.35. The number of hydrogen-bond acceptors (Lipinski definition) is 2. The van der Waals surface area contributed by atoms with Gasteiger partial charge in [0.2, 0.25) is 5.82 Å². The van der Waals surface area contributed by atoms with Gasteiger partial charge in [0.05, 0.1) is 0 Å². The summed E-state index contributed by atoms with van der Waals surface area (Å²) in [6, 6.07) is 3.02. The quantitative estimate of drug-likeness (QED) is 0.839. The van der Waals surface area contributed by atoms with Crippen LogP contribution in [0.3, 0.4) is 0 Å². The fourth-order valence-corrected chi connectivity index (χ4v) is 1.08. The first-order valence-electron chi connectivity index (χ1n) is 4.70. The summed E-state index contributed by atoms with van der Waals surface area (Å²) < 4.78 is 67.2. The van der Waals surface area contributed by atoms with Gasteiger partial charge in [-0.3, -0.25) is 0 Å². The fraction of sp³-hybridized carbons (Fsp3) is 0.400. The Labute approximate surface area is 94.2 Å². The molecular formula is C10H10F5NO. The van der Waals surface area contributed by atoms with Crippen molar-refractivity contribution in [1.82, 2.24) is 0 Å². The van der Waals surface area contributed by atoms with Gasteiger partial charge in [0, 0.05) is 6.54 Å². The molecule has 0 aliphatic rings. The zero-order chi connectivity index (χ0) is 13.1. The molecule has 2 nitrogen and oxygen atoms in total. The highest BCUT2D eigenvalue weighted by Crippen LogP contribution is 2.27. The first-order chi connectivity index (χ1) is 7.86. The molecular weight excluding hydrogens is 245 g/mol. The Hall–Kier alpha value is -1.37. The molecule has 0 aromatic heterocycles. The summed E-state index contributed by atoms with van der Waals surface area (Å²) >= 11 is 0. The van der Waals surface area contributed by atoms with Crippen molar-refractivity contribution in [3.63, 3.8) is 0 Å². The molecule has 1 aromatic carbocycles. The van der Waals surface area contributed by atoms with Crippen molar-refractivity contribution in [2.24, 2.45) is 11.7 Å². The summed E-state index contributed by atoms with van der Waals surface area (Å²) in [5.74, 6) is -4.97. The van der Waals surface area contributed by atoms with E-state index in [2.05, 4.69) is 4.74 Å². The second-order valence-electron chi connectivity index (χ2n) is 3.34. The number of ether oxygens (including phenoxy) is 1. The molecule has 1 unspecified atom stereocenters. The van der Waals surface area contributed by atoms with Crippen molar-refractivity contribution in [2.45, 2.75) is 6.18 Å². The third kappa shape index (κ3) is 3.55. The smallest absolute Gasteiger partial charge is 0.396 e. The molecule has 0 aliphatic carbocycles. The van der Waals surface area contributed by atoms with Crippen LogP contribution in [0.4, 0.5) is 22.0 Å². The van der Waals surface area contributed by atoms with Crippen molar-refractivity contribution in [2.75, 3.05) is 13.2 Å². The predicted octanol–water partition coefficient (Wildman–Crippen LogP) is 2.48. The number of nitrogens with two attached hydrogens (primary N) is 1. The Kier molecular flexibility index (Phi) is 4.28. The molecule has 0 saturated heterocycles. The zero-order valence-electron chi connectivity index (χ0n) is 8.60. The van der Waals surface area contributed by atoms with Gasteiger partial charge in [0.1, 0.15) is 12.5 Å². The molecule has 1 rings (SSSR count). The highest BCUT2D eigenvalue weighted by molar-refractivity contribution is 5.25. The van der Waals surface area contributed by atoms with Crippen molar-refractivity contribution in [3.05, 3.63) is 29.8 Å². The number of rotatable bonds is 4. The van der Waals surface area contributed by atoms with Crippen LogP contribution in [0.5, 0.6) is 5.75 Å². The van der Waals surface area contributed by atoms with Gasteiger partial charge < -0.3 is 10.5 Å². The number of hydrogen-bond donors (Lipinski definition) is 1. The van der Waals surface area contributed by atoms with Crippen LogP contribution < -0.4 is 10.5 Å². The molecule has 0 fully saturated rings. The Morgan fingerprint density at radius 1 is 1.24 bits per heavy atom. The fourth-order valence-electron chi connectivity index (χ4n) is 1.08. The largest absolute Gasteiger partial charge is 0.490 e. The third-order valence-corrected chi connectivity index (χ3v) is 2.10. The Bertz CT molecular complexity index is 379. The van der Waals surface area contributed by atoms with Crippen LogP contribution in [0.15, 0.2) is 18.2 Å². The van der Waals surface area contributed by atoms with Crippen LogP contribution in [0, 0.1) is 17.6 Å². The van der Waals surface area contributed by atoms with Gasteiger partial charge >= 0.3 is 6.18 Å². The summed E-state index contributed by atoms with van der Waals surface area (Å²) in [5.41, 5.74) is 4.92. The summed E-state index contributed by atoms with van der Waals surface area (Å²) in [4.78, 5) is 0. The van der Waals surface area contributed by atoms with Gasteiger partial charge in [-0.15, -0.1) is 0 Å². The first kappa shape index (κ1) is 13.7. The molecule has 0 bridgehead atoms. The molecule has 0 amide bonds. The van der Waals surface area contributed by atoms with Crippen molar-refractivity contribution in [1.29, 1.82) is 0 Å². The second kappa shape index (κ2) is 5.31. The van der Waals surface area contributed by atoms with E-state index in [0.717, 1.165) is 18.2 Å². The standard InChI is InChI=1S/C10H10F5NO/c11-7-2-1-3-8(9(7)12)17-5-6(4-16)10(13,14)15/h1-3,6H,4-5,16H2. The number of halogens is 5. The lowest BCUT2D eigenvalue weighted by molar-refractivity contribution is -0.178. The molecule has 0 aliphatic heterocycles. The van der Waals surface area contributed by atoms with Crippen LogP contribution >= 0.6 is 0 Å². The number of alkyl halides is 3. The minimum Gasteiger partial charge on any atom is -0.490 e. The maximum Gasteiger partial charge on any atom is 0.396 e. The zero-order valence-corrected chi connectivity index (χ0v) is 8.60. The minimum atomic E-state index is -4.53. The summed E-state index contributed by atoms with van der Waals surface area (Å²) in [6.07, 6.45) is -4.53. The van der Waals surface area contributed by atoms with E-state index < -0.39 is 42.6 Å². The molecule has 17 heavy (non-hydrogen) atoms. The van der Waals surface area contributed by atoms with Crippen LogP contribution in [0.25, 0.3) is 0 Å². The van der Waals surface area contributed by atoms with Gasteiger partial charge in [-0.2, -0.15) is 17.6 Å². The van der Waals surface area contributed by atoms with Crippen LogP contribution in [-0.2, 0) is 0 Å². The van der Waals surface area contributed by atoms with Crippen LogP contribution in [0.2, 0.25) is 0 Å². The number of benzene rings is 1. The van der Waals surface area contributed by atoms with E-state index in [-0.39, 0.29) is 0 Å². The normalized spacial score (nSPS) is 13.5. The lowest BCUT2D eigenvalue weighted by Gasteiger charge is -2.18. The molecule has 1 atom stereocenters. The summed E-state index contributed by atoms with van der Waals surface area (Å²) in [5, 5.41) is 0. The van der Waals surface area contributed by atoms with E-state index in [1.807, 2.05) is 0 Å². The summed E-state index contributed by atoms with van der Waals surface area (Å²) in [6.45, 7) is -1.53. The van der Waals surface area contributed by atoms with E-state index in [4.69, 9.17) is 5.73 Å². The van der Waals surface area contributed by atoms with Gasteiger partial charge in [0.15, 0.2) is 11.6 Å². The van der Waals surface area contributed by atoms with Gasteiger partial charge in [-0.25, -0.2) is 4.39 Å². The summed E-state index contributed by atoms with van der Waals surface area (Å²) in [7, 11) is 0. The molecule has 0 saturated carbocycles. The maximum atomic E-state index is 13.0. The van der Waals surface area contributed by atoms with Crippen molar-refractivity contribution < 1.29 is 26.7 Å². The van der Waals surface area contributed by atoms with E-state index >= 15 is 0 Å². The van der Waals surface area contributed by atoms with Crippen molar-refractivity contribution in [3.8, 4) is 5.75 Å². The topological polar surface area (TPSA) is 35.2 Å². The minimum absolute atomic E-state index is 0.562. The monoisotopic (exact) mass is 255 g/mol. The van der Waals surface area contributed by atoms with Crippen LogP contribution in [-0.4, -0.2) is 19.3 Å². The van der Waals surface area contributed by atoms with Crippen molar-refractivity contribution >= 4 is 0 Å². The van der Waals surface area contributed by atoms with Crippen LogP contribution in [0.1, 0.15) is 0 Å². The molecule has 0 spiro atoms. The predicted molar refractivity (Wildman–Crippen MR) is 50.5 cm³/mol. The third-order valence-electron chi connectivity index (χ3n) is 2.10. The first-order valence-corrected chi connectivity index (χ1v) is 4.70. The average molecular weight is 255 g/mol. The van der Waals surface area contributed by atoms with Gasteiger partial charge in [-0.05, 0) is 12.1 Å². The van der Waals surface area contributed by atoms with E-state index in [9.17, 15) is 22.0 Å². The molecule has 0 heterocycles. The van der Waals surface area contributed by atoms with E-state index in [1.165, 1.54) is 0 Å². The molecule has 0 radical (unpaired) electrons. The highest BCUT2D eigenvalue weighted by atomic mass is 19.4. The molecule has 96 valence electrons. The SMILES string of the molecule is NCC(COc1cccc(F)c1F)C(F)(F)F. The van der Waals surface area contributed by atoms with E-state index in [0.29, 0.717) is 0 Å². The van der Waals surface area contributed by atoms with Gasteiger partial charge in [-0.1, -0.05) is 6.07 Å². The Morgan fingerprint density at radius 2 is 1.88 bits per heavy atom. The van der Waals surface area contributed by atoms with Gasteiger partial charge in [0.25, 0.3) is 0 Å². The second-order valence-corrected chi connectivity index (χ2v) is 3.34. The van der Waals surface area contributed by atoms with E-state index in [1.54, 1.807) is 0 Å². The lowest BCUT2D eigenvalue weighted by atomic mass is 10.1. The Balaban J connectivity index is 2.70.